The van der Waals surface area contributed by atoms with Crippen LogP contribution in [0.5, 0.6) is 0 Å². The molecule has 1 aromatic carbocycles. The number of benzene rings is 1. The number of likely N-dealkylation sites (N-methyl/N-ethyl adjacent to an activating group) is 1. The Bertz CT molecular complexity index is 835. The maximum atomic E-state index is 12.0. The fourth-order valence-corrected chi connectivity index (χ4v) is 3.60. The van der Waals surface area contributed by atoms with E-state index in [4.69, 9.17) is 16.0 Å². The number of furan rings is 1. The summed E-state index contributed by atoms with van der Waals surface area (Å²) in [4.78, 5) is 20.5. The highest BCUT2D eigenvalue weighted by molar-refractivity contribution is 14.0. The molecule has 0 atom stereocenters. The number of rotatable bonds is 8. The maximum Gasteiger partial charge on any atom is 0.243 e. The molecule has 1 fully saturated rings. The molecule has 3 rings (SSSR count). The Kier molecular flexibility index (Phi) is 11.3. The Balaban J connectivity index is 0.00000363. The fraction of sp³-hybridized carbons (Fsp3) is 0.478. The summed E-state index contributed by atoms with van der Waals surface area (Å²) in [6.45, 7) is 3.76. The second-order valence-electron chi connectivity index (χ2n) is 8.03. The van der Waals surface area contributed by atoms with Gasteiger partial charge in [0.15, 0.2) is 5.96 Å². The van der Waals surface area contributed by atoms with E-state index in [9.17, 15) is 4.79 Å². The SMILES string of the molecule is CN(C)C(=O)CN=C(NCCc1ccco1)NC1CCN(Cc2ccc(Cl)cc2)CC1.I. The fourth-order valence-electron chi connectivity index (χ4n) is 3.48. The lowest BCUT2D eigenvalue weighted by atomic mass is 10.0. The number of hydrogen-bond acceptors (Lipinski definition) is 4. The first-order valence-electron chi connectivity index (χ1n) is 10.7. The van der Waals surface area contributed by atoms with Crippen LogP contribution in [0.3, 0.4) is 0 Å². The molecular formula is C23H33ClIN5O2. The third-order valence-electron chi connectivity index (χ3n) is 5.36. The summed E-state index contributed by atoms with van der Waals surface area (Å²) in [6.07, 6.45) is 4.48. The van der Waals surface area contributed by atoms with Crippen molar-refractivity contribution in [3.63, 3.8) is 0 Å². The van der Waals surface area contributed by atoms with Crippen LogP contribution in [-0.4, -0.2) is 68.0 Å². The topological polar surface area (TPSA) is 73.1 Å². The van der Waals surface area contributed by atoms with Crippen molar-refractivity contribution in [2.24, 2.45) is 4.99 Å². The van der Waals surface area contributed by atoms with E-state index in [1.807, 2.05) is 24.3 Å². The average Bonchev–Trinajstić information content (AvgIpc) is 3.28. The van der Waals surface area contributed by atoms with E-state index in [1.165, 1.54) is 5.56 Å². The highest BCUT2D eigenvalue weighted by Crippen LogP contribution is 2.16. The van der Waals surface area contributed by atoms with E-state index in [0.717, 1.165) is 49.7 Å². The zero-order chi connectivity index (χ0) is 22.1. The summed E-state index contributed by atoms with van der Waals surface area (Å²) in [5.74, 6) is 1.58. The van der Waals surface area contributed by atoms with Crippen LogP contribution < -0.4 is 10.6 Å². The second kappa shape index (κ2) is 13.7. The van der Waals surface area contributed by atoms with Crippen molar-refractivity contribution in [3.05, 3.63) is 59.0 Å². The number of piperidine rings is 1. The average molecular weight is 574 g/mol. The van der Waals surface area contributed by atoms with E-state index in [2.05, 4.69) is 32.7 Å². The van der Waals surface area contributed by atoms with Gasteiger partial charge in [-0.05, 0) is 42.7 Å². The molecule has 0 unspecified atom stereocenters. The predicted molar refractivity (Wildman–Crippen MR) is 140 cm³/mol. The molecule has 0 spiro atoms. The van der Waals surface area contributed by atoms with Crippen molar-refractivity contribution in [2.75, 3.05) is 40.3 Å². The van der Waals surface area contributed by atoms with Crippen LogP contribution in [0.15, 0.2) is 52.1 Å². The first-order valence-corrected chi connectivity index (χ1v) is 11.1. The summed E-state index contributed by atoms with van der Waals surface area (Å²) in [5.41, 5.74) is 1.28. The summed E-state index contributed by atoms with van der Waals surface area (Å²) in [5, 5.41) is 7.62. The first-order chi connectivity index (χ1) is 15.0. The Labute approximate surface area is 212 Å². The Morgan fingerprint density at radius 1 is 1.22 bits per heavy atom. The van der Waals surface area contributed by atoms with Crippen molar-refractivity contribution < 1.29 is 9.21 Å². The Morgan fingerprint density at radius 3 is 2.56 bits per heavy atom. The lowest BCUT2D eigenvalue weighted by Gasteiger charge is -2.33. The van der Waals surface area contributed by atoms with Crippen molar-refractivity contribution >= 4 is 47.4 Å². The molecule has 9 heteroatoms. The van der Waals surface area contributed by atoms with Gasteiger partial charge in [-0.3, -0.25) is 9.69 Å². The van der Waals surface area contributed by atoms with Gasteiger partial charge in [0.25, 0.3) is 0 Å². The van der Waals surface area contributed by atoms with Gasteiger partial charge in [-0.25, -0.2) is 4.99 Å². The molecule has 1 amide bonds. The molecule has 7 nitrogen and oxygen atoms in total. The first kappa shape index (κ1) is 26.5. The highest BCUT2D eigenvalue weighted by atomic mass is 127. The van der Waals surface area contributed by atoms with Gasteiger partial charge in [-0.2, -0.15) is 0 Å². The lowest BCUT2D eigenvalue weighted by molar-refractivity contribution is -0.127. The van der Waals surface area contributed by atoms with Gasteiger partial charge in [0, 0.05) is 57.8 Å². The number of nitrogens with one attached hydrogen (secondary N) is 2. The number of aliphatic imine (C=N–C) groups is 1. The quantitative estimate of drug-likeness (QED) is 0.288. The number of hydrogen-bond donors (Lipinski definition) is 2. The summed E-state index contributed by atoms with van der Waals surface area (Å²) < 4.78 is 5.39. The van der Waals surface area contributed by atoms with E-state index >= 15 is 0 Å². The molecule has 1 saturated heterocycles. The van der Waals surface area contributed by atoms with Crippen LogP contribution in [0.2, 0.25) is 5.02 Å². The zero-order valence-electron chi connectivity index (χ0n) is 18.7. The van der Waals surface area contributed by atoms with Gasteiger partial charge in [-0.1, -0.05) is 23.7 Å². The van der Waals surface area contributed by atoms with Crippen molar-refractivity contribution in [1.82, 2.24) is 20.4 Å². The van der Waals surface area contributed by atoms with Crippen LogP contribution in [0.4, 0.5) is 0 Å². The van der Waals surface area contributed by atoms with E-state index in [0.29, 0.717) is 18.5 Å². The Morgan fingerprint density at radius 2 is 1.94 bits per heavy atom. The third kappa shape index (κ3) is 8.99. The number of amides is 1. The van der Waals surface area contributed by atoms with Gasteiger partial charge < -0.3 is 20.0 Å². The van der Waals surface area contributed by atoms with Crippen LogP contribution in [0, 0.1) is 0 Å². The normalized spacial score (nSPS) is 15.2. The molecule has 2 aromatic rings. The molecule has 2 heterocycles. The summed E-state index contributed by atoms with van der Waals surface area (Å²) in [6, 6.07) is 12.2. The van der Waals surface area contributed by atoms with Crippen molar-refractivity contribution in [3.8, 4) is 0 Å². The molecule has 2 N–H and O–H groups in total. The second-order valence-corrected chi connectivity index (χ2v) is 8.47. The van der Waals surface area contributed by atoms with E-state index in [-0.39, 0.29) is 36.4 Å². The number of nitrogens with zero attached hydrogens (tertiary/aromatic N) is 3. The van der Waals surface area contributed by atoms with Gasteiger partial charge in [0.2, 0.25) is 5.91 Å². The van der Waals surface area contributed by atoms with Crippen LogP contribution in [-0.2, 0) is 17.8 Å². The van der Waals surface area contributed by atoms with Crippen molar-refractivity contribution in [2.45, 2.75) is 31.8 Å². The number of carbonyl (C=O) groups excluding carboxylic acids is 1. The predicted octanol–water partition coefficient (Wildman–Crippen LogP) is 3.38. The minimum absolute atomic E-state index is 0. The van der Waals surface area contributed by atoms with Gasteiger partial charge >= 0.3 is 0 Å². The number of carbonyl (C=O) groups is 1. The minimum atomic E-state index is -0.0232. The smallest absolute Gasteiger partial charge is 0.243 e. The molecule has 1 aliphatic rings. The molecule has 32 heavy (non-hydrogen) atoms. The minimum Gasteiger partial charge on any atom is -0.469 e. The Hall–Kier alpha value is -1.78. The van der Waals surface area contributed by atoms with Crippen LogP contribution in [0.25, 0.3) is 0 Å². The van der Waals surface area contributed by atoms with Gasteiger partial charge in [0.1, 0.15) is 12.3 Å². The van der Waals surface area contributed by atoms with Crippen molar-refractivity contribution in [1.29, 1.82) is 0 Å². The molecule has 0 bridgehead atoms. The molecule has 1 aliphatic heterocycles. The highest BCUT2D eigenvalue weighted by Gasteiger charge is 2.20. The van der Waals surface area contributed by atoms with E-state index in [1.54, 1.807) is 25.3 Å². The number of halogens is 2. The molecule has 176 valence electrons. The molecule has 0 radical (unpaired) electrons. The van der Waals surface area contributed by atoms with Gasteiger partial charge in [0.05, 0.1) is 6.26 Å². The van der Waals surface area contributed by atoms with Crippen LogP contribution in [0.1, 0.15) is 24.2 Å². The maximum absolute atomic E-state index is 12.0. The molecule has 1 aromatic heterocycles. The van der Waals surface area contributed by atoms with E-state index < -0.39 is 0 Å². The lowest BCUT2D eigenvalue weighted by Crippen LogP contribution is -2.49. The summed E-state index contributed by atoms with van der Waals surface area (Å²) in [7, 11) is 3.48. The third-order valence-corrected chi connectivity index (χ3v) is 5.62. The number of guanidine groups is 1. The number of likely N-dealkylation sites (tertiary alicyclic amines) is 1. The van der Waals surface area contributed by atoms with Crippen LogP contribution >= 0.6 is 35.6 Å². The molecule has 0 saturated carbocycles. The largest absolute Gasteiger partial charge is 0.469 e. The van der Waals surface area contributed by atoms with Gasteiger partial charge in [-0.15, -0.1) is 24.0 Å². The molecular weight excluding hydrogens is 541 g/mol. The standard InChI is InChI=1S/C23H32ClN5O2.HI/c1-28(2)22(30)16-26-23(25-12-9-21-4-3-15-31-21)27-20-10-13-29(14-11-20)17-18-5-7-19(24)8-6-18;/h3-8,15,20H,9-14,16-17H2,1-2H3,(H2,25,26,27);1H. The monoisotopic (exact) mass is 573 g/mol. The molecule has 0 aliphatic carbocycles. The zero-order valence-corrected chi connectivity index (χ0v) is 21.8. The summed E-state index contributed by atoms with van der Waals surface area (Å²) >= 11 is 5.98.